The molecule has 2 saturated heterocycles. The van der Waals surface area contributed by atoms with Crippen LogP contribution < -0.4 is 0 Å². The number of aliphatic hydroxyl groups excluding tert-OH is 1. The number of carbonyl (C=O) groups is 5. The molecule has 3 heterocycles. The summed E-state index contributed by atoms with van der Waals surface area (Å²) in [5.41, 5.74) is 1.29. The Morgan fingerprint density at radius 2 is 1.53 bits per heavy atom. The number of hydrogen-bond acceptors (Lipinski definition) is 13. The zero-order chi connectivity index (χ0) is 48.9. The second-order valence-corrected chi connectivity index (χ2v) is 19.8. The molecule has 0 aromatic rings. The Kier molecular flexibility index (Phi) is 21.6. The van der Waals surface area contributed by atoms with Gasteiger partial charge in [-0.05, 0) is 107 Å². The van der Waals surface area contributed by atoms with Crippen LogP contribution in [-0.4, -0.2) is 134 Å². The number of Topliss-reactive ketones (excluding diaryl/α,β-unsaturated/α-hetero) is 3. The van der Waals surface area contributed by atoms with Crippen LogP contribution in [0.2, 0.25) is 0 Å². The van der Waals surface area contributed by atoms with Crippen molar-refractivity contribution >= 4 is 29.2 Å². The van der Waals surface area contributed by atoms with Gasteiger partial charge in [-0.3, -0.25) is 19.2 Å². The Morgan fingerprint density at radius 1 is 0.818 bits per heavy atom. The second kappa shape index (κ2) is 25.8. The third-order valence-electron chi connectivity index (χ3n) is 14.8. The van der Waals surface area contributed by atoms with Crippen molar-refractivity contribution in [3.8, 4) is 0 Å². The Bertz CT molecular complexity index is 1770. The fourth-order valence-electron chi connectivity index (χ4n) is 10.4. The van der Waals surface area contributed by atoms with Crippen LogP contribution in [0.15, 0.2) is 47.6 Å². The Balaban J connectivity index is 1.70. The SMILES string of the molecule is COC1CC2CCC(C)C(O)(O2)C(=O)C(=O)N2CCCCC2C(=O)OC(C(C)CC2CCC(OC)C(OC)C2)CC(=O)C(C)/C=C(\C)C(O)C(OC)C(=O)C(C)CC(C)/C=C/C=C/C=C\1C. The number of piperidine rings is 1. The summed E-state index contributed by atoms with van der Waals surface area (Å²) < 4.78 is 35.3. The van der Waals surface area contributed by atoms with E-state index in [1.165, 1.54) is 12.0 Å². The van der Waals surface area contributed by atoms with E-state index in [1.54, 1.807) is 48.2 Å². The van der Waals surface area contributed by atoms with Gasteiger partial charge in [0.15, 0.2) is 5.78 Å². The molecule has 4 aliphatic rings. The number of aliphatic hydroxyl groups is 2. The van der Waals surface area contributed by atoms with Gasteiger partial charge >= 0.3 is 5.97 Å². The van der Waals surface area contributed by atoms with Gasteiger partial charge in [0, 0.05) is 65.6 Å². The van der Waals surface area contributed by atoms with Gasteiger partial charge in [0.05, 0.1) is 24.4 Å². The average molecular weight is 928 g/mol. The first-order valence-corrected chi connectivity index (χ1v) is 24.3. The standard InChI is InChI=1S/C52H81NO13/c1-31-17-13-12-14-18-32(2)43(62-9)29-39-22-20-37(7)52(60,66-39)49(57)50(58)53-24-16-15-19-40(53)51(59)65-44(34(4)27-38-21-23-42(61-8)45(28-38)63-10)30-41(54)33(3)26-36(6)47(56)48(64-11)46(55)35(5)25-31/h12-14,17-18,26,31,33-35,37-40,42-45,47-48,56,60H,15-16,19-25,27-30H2,1-11H3/b14-12+,17-13+,32-18-,36-26+. The van der Waals surface area contributed by atoms with E-state index in [1.807, 2.05) is 58.1 Å². The molecule has 3 fully saturated rings. The number of ether oxygens (including phenoxy) is 6. The molecule has 66 heavy (non-hydrogen) atoms. The minimum absolute atomic E-state index is 0.0246. The fraction of sp³-hybridized carbons (Fsp3) is 0.750. The summed E-state index contributed by atoms with van der Waals surface area (Å²) in [6.45, 7) is 12.8. The van der Waals surface area contributed by atoms with Crippen molar-refractivity contribution < 1.29 is 62.6 Å². The molecule has 1 aliphatic carbocycles. The summed E-state index contributed by atoms with van der Waals surface area (Å²) >= 11 is 0. The number of rotatable bonds is 7. The molecule has 15 atom stereocenters. The maximum atomic E-state index is 14.4. The van der Waals surface area contributed by atoms with Crippen molar-refractivity contribution in [2.45, 2.75) is 180 Å². The number of hydrogen-bond donors (Lipinski definition) is 2. The second-order valence-electron chi connectivity index (χ2n) is 19.8. The maximum absolute atomic E-state index is 14.4. The lowest BCUT2D eigenvalue weighted by atomic mass is 9.78. The molecule has 4 rings (SSSR count). The molecular weight excluding hydrogens is 847 g/mol. The van der Waals surface area contributed by atoms with Crippen LogP contribution in [0.1, 0.15) is 126 Å². The highest BCUT2D eigenvalue weighted by Crippen LogP contribution is 2.38. The first-order valence-electron chi connectivity index (χ1n) is 24.3. The molecule has 0 aromatic heterocycles. The fourth-order valence-corrected chi connectivity index (χ4v) is 10.4. The van der Waals surface area contributed by atoms with E-state index >= 15 is 0 Å². The molecule has 2 N–H and O–H groups in total. The summed E-state index contributed by atoms with van der Waals surface area (Å²) in [4.78, 5) is 72.0. The predicted molar refractivity (Wildman–Crippen MR) is 250 cm³/mol. The number of ketones is 3. The number of allylic oxidation sites excluding steroid dienone is 6. The molecule has 15 unspecified atom stereocenters. The predicted octanol–water partition coefficient (Wildman–Crippen LogP) is 6.83. The molecule has 0 aromatic carbocycles. The number of nitrogens with zero attached hydrogens (tertiary/aromatic N) is 1. The lowest BCUT2D eigenvalue weighted by Crippen LogP contribution is -2.61. The van der Waals surface area contributed by atoms with Crippen molar-refractivity contribution in [1.82, 2.24) is 4.90 Å². The van der Waals surface area contributed by atoms with E-state index in [-0.39, 0.29) is 60.9 Å². The molecule has 372 valence electrons. The Labute approximate surface area is 393 Å². The van der Waals surface area contributed by atoms with Gasteiger partial charge in [-0.25, -0.2) is 4.79 Å². The molecule has 1 amide bonds. The highest BCUT2D eigenvalue weighted by Gasteiger charge is 2.53. The van der Waals surface area contributed by atoms with E-state index in [0.29, 0.717) is 50.5 Å². The van der Waals surface area contributed by atoms with Crippen molar-refractivity contribution in [2.75, 3.05) is 35.0 Å². The van der Waals surface area contributed by atoms with Crippen LogP contribution in [0.25, 0.3) is 0 Å². The number of amides is 1. The van der Waals surface area contributed by atoms with E-state index in [4.69, 9.17) is 28.4 Å². The summed E-state index contributed by atoms with van der Waals surface area (Å²) in [7, 11) is 6.31. The highest BCUT2D eigenvalue weighted by atomic mass is 16.6. The molecule has 2 bridgehead atoms. The Hall–Kier alpha value is -3.37. The van der Waals surface area contributed by atoms with Crippen LogP contribution in [0.5, 0.6) is 0 Å². The summed E-state index contributed by atoms with van der Waals surface area (Å²) in [6, 6.07) is -1.12. The van der Waals surface area contributed by atoms with E-state index in [2.05, 4.69) is 0 Å². The average Bonchev–Trinajstić information content (AvgIpc) is 3.30. The van der Waals surface area contributed by atoms with E-state index in [0.717, 1.165) is 24.8 Å². The molecule has 1 saturated carbocycles. The van der Waals surface area contributed by atoms with Gasteiger partial charge in [0.1, 0.15) is 30.1 Å². The number of cyclic esters (lactones) is 1. The largest absolute Gasteiger partial charge is 0.460 e. The number of fused-ring (bicyclic) bond motifs is 3. The molecule has 14 heteroatoms. The zero-order valence-corrected chi connectivity index (χ0v) is 41.6. The lowest BCUT2D eigenvalue weighted by molar-refractivity contribution is -0.265. The van der Waals surface area contributed by atoms with Gasteiger partial charge in [0.2, 0.25) is 5.79 Å². The normalized spacial score (nSPS) is 40.0. The van der Waals surface area contributed by atoms with Crippen LogP contribution >= 0.6 is 0 Å². The molecular formula is C52H81NO13. The van der Waals surface area contributed by atoms with Gasteiger partial charge in [-0.2, -0.15) is 0 Å². The van der Waals surface area contributed by atoms with Gasteiger partial charge in [-0.1, -0.05) is 71.1 Å². The summed E-state index contributed by atoms with van der Waals surface area (Å²) in [5, 5.41) is 23.4. The summed E-state index contributed by atoms with van der Waals surface area (Å²) in [5.74, 6) is -7.72. The maximum Gasteiger partial charge on any atom is 0.329 e. The van der Waals surface area contributed by atoms with Gasteiger partial charge < -0.3 is 43.5 Å². The van der Waals surface area contributed by atoms with Crippen LogP contribution in [0.4, 0.5) is 0 Å². The van der Waals surface area contributed by atoms with Crippen molar-refractivity contribution in [2.24, 2.45) is 35.5 Å². The highest BCUT2D eigenvalue weighted by molar-refractivity contribution is 6.39. The first-order chi connectivity index (χ1) is 31.3. The number of carbonyl (C=O) groups excluding carboxylic acids is 5. The number of esters is 1. The first kappa shape index (κ1) is 55.2. The number of methoxy groups -OCH3 is 4. The monoisotopic (exact) mass is 928 g/mol. The quantitative estimate of drug-likeness (QED) is 0.154. The van der Waals surface area contributed by atoms with Crippen molar-refractivity contribution in [3.05, 3.63) is 47.6 Å². The zero-order valence-electron chi connectivity index (χ0n) is 41.6. The minimum Gasteiger partial charge on any atom is -0.460 e. The van der Waals surface area contributed by atoms with Gasteiger partial charge in [-0.15, -0.1) is 0 Å². The minimum atomic E-state index is -2.42. The van der Waals surface area contributed by atoms with E-state index < -0.39 is 77.8 Å². The molecule has 0 spiro atoms. The molecule has 0 radical (unpaired) electrons. The van der Waals surface area contributed by atoms with Crippen molar-refractivity contribution in [3.63, 3.8) is 0 Å². The molecule has 14 nitrogen and oxygen atoms in total. The third kappa shape index (κ3) is 14.3. The summed E-state index contributed by atoms with van der Waals surface area (Å²) in [6.07, 6.45) is 12.7. The van der Waals surface area contributed by atoms with Crippen LogP contribution in [0.3, 0.4) is 0 Å². The van der Waals surface area contributed by atoms with Crippen LogP contribution in [-0.2, 0) is 52.4 Å². The van der Waals surface area contributed by atoms with Crippen LogP contribution in [0, 0.1) is 35.5 Å². The Morgan fingerprint density at radius 3 is 2.20 bits per heavy atom. The van der Waals surface area contributed by atoms with Crippen molar-refractivity contribution in [1.29, 1.82) is 0 Å². The van der Waals surface area contributed by atoms with Gasteiger partial charge in [0.25, 0.3) is 11.7 Å². The smallest absolute Gasteiger partial charge is 0.329 e. The van der Waals surface area contributed by atoms with E-state index in [9.17, 15) is 34.2 Å². The topological polar surface area (TPSA) is 184 Å². The lowest BCUT2D eigenvalue weighted by Gasteiger charge is -2.42. The third-order valence-corrected chi connectivity index (χ3v) is 14.8. The molecule has 3 aliphatic heterocycles.